The van der Waals surface area contributed by atoms with Gasteiger partial charge in [0.1, 0.15) is 0 Å². The number of aromatic nitrogens is 1. The number of fused-ring (bicyclic) bond motifs is 2. The van der Waals surface area contributed by atoms with Gasteiger partial charge in [-0.25, -0.2) is 0 Å². The molecule has 3 nitrogen and oxygen atoms in total. The van der Waals surface area contributed by atoms with E-state index in [1.807, 2.05) is 54.4 Å². The Morgan fingerprint density at radius 2 is 1.92 bits per heavy atom. The van der Waals surface area contributed by atoms with E-state index in [1.54, 1.807) is 11.8 Å². The minimum absolute atomic E-state index is 0.153. The number of hydrogen-bond acceptors (Lipinski definition) is 3. The molecule has 0 saturated heterocycles. The van der Waals surface area contributed by atoms with Gasteiger partial charge in [-0.15, -0.1) is 11.8 Å². The smallest absolute Gasteiger partial charge is 0.240 e. The summed E-state index contributed by atoms with van der Waals surface area (Å²) in [5.41, 5.74) is 3.29. The number of hydrogen-bond donors (Lipinski definition) is 0. The van der Waals surface area contributed by atoms with Gasteiger partial charge in [0.05, 0.1) is 10.8 Å². The number of para-hydroxylation sites is 2. The largest absolute Gasteiger partial charge is 0.308 e. The molecule has 2 heterocycles. The van der Waals surface area contributed by atoms with Crippen LogP contribution in [-0.2, 0) is 11.2 Å². The van der Waals surface area contributed by atoms with Gasteiger partial charge in [0, 0.05) is 28.2 Å². The van der Waals surface area contributed by atoms with Crippen LogP contribution in [0.15, 0.2) is 65.7 Å². The van der Waals surface area contributed by atoms with Crippen molar-refractivity contribution in [3.63, 3.8) is 0 Å². The van der Waals surface area contributed by atoms with Crippen molar-refractivity contribution in [1.82, 2.24) is 4.98 Å². The number of nitrogens with zero attached hydrogens (tertiary/aromatic N) is 2. The molecule has 4 heteroatoms. The molecular formula is C21H20N2OS. The summed E-state index contributed by atoms with van der Waals surface area (Å²) in [7, 11) is 0. The second-order valence-corrected chi connectivity index (χ2v) is 7.86. The van der Waals surface area contributed by atoms with E-state index in [1.165, 1.54) is 5.56 Å². The van der Waals surface area contributed by atoms with Crippen LogP contribution < -0.4 is 4.90 Å². The first-order chi connectivity index (χ1) is 12.1. The van der Waals surface area contributed by atoms with E-state index in [0.717, 1.165) is 27.9 Å². The van der Waals surface area contributed by atoms with Crippen LogP contribution in [0.5, 0.6) is 0 Å². The number of rotatable bonds is 3. The fourth-order valence-corrected chi connectivity index (χ4v) is 4.54. The summed E-state index contributed by atoms with van der Waals surface area (Å²) >= 11 is 1.61. The summed E-state index contributed by atoms with van der Waals surface area (Å²) in [6.07, 6.45) is 2.74. The highest BCUT2D eigenvalue weighted by molar-refractivity contribution is 8.00. The molecule has 1 amide bonds. The maximum atomic E-state index is 13.1. The topological polar surface area (TPSA) is 33.2 Å². The average Bonchev–Trinajstić information content (AvgIpc) is 2.97. The molecule has 2 aromatic carbocycles. The van der Waals surface area contributed by atoms with Crippen molar-refractivity contribution in [3.05, 3.63) is 66.4 Å². The number of thioether (sulfide) groups is 1. The zero-order valence-corrected chi connectivity index (χ0v) is 15.2. The molecule has 1 aromatic heterocycles. The van der Waals surface area contributed by atoms with Crippen molar-refractivity contribution >= 4 is 34.3 Å². The van der Waals surface area contributed by atoms with Gasteiger partial charge in [-0.1, -0.05) is 36.4 Å². The highest BCUT2D eigenvalue weighted by Gasteiger charge is 2.33. The van der Waals surface area contributed by atoms with Gasteiger partial charge in [-0.3, -0.25) is 9.78 Å². The molecule has 0 fully saturated rings. The Bertz CT molecular complexity index is 935. The van der Waals surface area contributed by atoms with E-state index in [-0.39, 0.29) is 17.2 Å². The van der Waals surface area contributed by atoms with Crippen molar-refractivity contribution in [2.24, 2.45) is 0 Å². The molecule has 0 N–H and O–H groups in total. The predicted molar refractivity (Wildman–Crippen MR) is 104 cm³/mol. The van der Waals surface area contributed by atoms with E-state index in [2.05, 4.69) is 30.1 Å². The maximum Gasteiger partial charge on any atom is 0.240 e. The lowest BCUT2D eigenvalue weighted by Gasteiger charge is -2.26. The molecular weight excluding hydrogens is 328 g/mol. The van der Waals surface area contributed by atoms with Gasteiger partial charge in [-0.2, -0.15) is 0 Å². The van der Waals surface area contributed by atoms with Gasteiger partial charge in [0.15, 0.2) is 0 Å². The number of carbonyl (C=O) groups excluding carboxylic acids is 1. The maximum absolute atomic E-state index is 13.1. The number of anilines is 1. The first-order valence-electron chi connectivity index (χ1n) is 8.56. The highest BCUT2D eigenvalue weighted by atomic mass is 32.2. The highest BCUT2D eigenvalue weighted by Crippen LogP contribution is 2.36. The first-order valence-corrected chi connectivity index (χ1v) is 9.44. The molecule has 1 aliphatic rings. The Morgan fingerprint density at radius 3 is 2.80 bits per heavy atom. The van der Waals surface area contributed by atoms with Crippen molar-refractivity contribution in [1.29, 1.82) is 0 Å². The van der Waals surface area contributed by atoms with Crippen LogP contribution in [0.4, 0.5) is 5.69 Å². The van der Waals surface area contributed by atoms with Crippen LogP contribution in [0.25, 0.3) is 10.9 Å². The number of benzene rings is 2. The second kappa shape index (κ2) is 6.52. The summed E-state index contributed by atoms with van der Waals surface area (Å²) in [6, 6.07) is 18.5. The molecule has 2 unspecified atom stereocenters. The second-order valence-electron chi connectivity index (χ2n) is 6.48. The molecule has 1 aliphatic heterocycles. The minimum atomic E-state index is -0.153. The molecule has 0 aliphatic carbocycles. The standard InChI is InChI=1S/C21H20N2OS/c1-14-13-16-7-3-6-10-19(16)23(14)21(24)15(2)25-20-11-12-22-18-9-5-4-8-17(18)20/h3-12,14-15H,13H2,1-2H3. The summed E-state index contributed by atoms with van der Waals surface area (Å²) in [5.74, 6) is 0.170. The van der Waals surface area contributed by atoms with E-state index in [9.17, 15) is 4.79 Å². The van der Waals surface area contributed by atoms with Gasteiger partial charge < -0.3 is 4.90 Å². The summed E-state index contributed by atoms with van der Waals surface area (Å²) < 4.78 is 0. The fraction of sp³-hybridized carbons (Fsp3) is 0.238. The zero-order valence-electron chi connectivity index (χ0n) is 14.3. The summed E-state index contributed by atoms with van der Waals surface area (Å²) in [6.45, 7) is 4.12. The molecule has 3 aromatic rings. The van der Waals surface area contributed by atoms with E-state index in [0.29, 0.717) is 0 Å². The quantitative estimate of drug-likeness (QED) is 0.644. The van der Waals surface area contributed by atoms with Crippen LogP contribution in [0.2, 0.25) is 0 Å². The summed E-state index contributed by atoms with van der Waals surface area (Å²) in [5, 5.41) is 0.948. The Morgan fingerprint density at radius 1 is 1.16 bits per heavy atom. The molecule has 0 bridgehead atoms. The van der Waals surface area contributed by atoms with Gasteiger partial charge >= 0.3 is 0 Å². The van der Waals surface area contributed by atoms with Gasteiger partial charge in [0.25, 0.3) is 0 Å². The molecule has 2 atom stereocenters. The molecule has 0 radical (unpaired) electrons. The molecule has 4 rings (SSSR count). The van der Waals surface area contributed by atoms with E-state index >= 15 is 0 Å². The third-order valence-electron chi connectivity index (χ3n) is 4.71. The zero-order chi connectivity index (χ0) is 17.4. The van der Waals surface area contributed by atoms with Crippen LogP contribution in [0, 0.1) is 0 Å². The number of carbonyl (C=O) groups is 1. The Labute approximate surface area is 152 Å². The number of amides is 1. The fourth-order valence-electron chi connectivity index (χ4n) is 3.51. The molecule has 0 saturated carbocycles. The molecule has 126 valence electrons. The van der Waals surface area contributed by atoms with Crippen molar-refractivity contribution in [2.45, 2.75) is 36.5 Å². The van der Waals surface area contributed by atoms with Gasteiger partial charge in [-0.05, 0) is 44.0 Å². The Balaban J connectivity index is 1.61. The SMILES string of the molecule is CC(Sc1ccnc2ccccc12)C(=O)N1c2ccccc2CC1C. The summed E-state index contributed by atoms with van der Waals surface area (Å²) in [4.78, 5) is 20.6. The third-order valence-corrected chi connectivity index (χ3v) is 5.87. The minimum Gasteiger partial charge on any atom is -0.308 e. The predicted octanol–water partition coefficient (Wildman–Crippen LogP) is 4.69. The van der Waals surface area contributed by atoms with Crippen molar-refractivity contribution in [3.8, 4) is 0 Å². The molecule has 0 spiro atoms. The normalized spacial score (nSPS) is 17.5. The average molecular weight is 348 g/mol. The lowest BCUT2D eigenvalue weighted by atomic mass is 10.1. The van der Waals surface area contributed by atoms with E-state index in [4.69, 9.17) is 0 Å². The van der Waals surface area contributed by atoms with Crippen molar-refractivity contribution < 1.29 is 4.79 Å². The first kappa shape index (κ1) is 16.2. The monoisotopic (exact) mass is 348 g/mol. The van der Waals surface area contributed by atoms with Crippen LogP contribution in [0.1, 0.15) is 19.4 Å². The Hall–Kier alpha value is -2.33. The van der Waals surface area contributed by atoms with Crippen molar-refractivity contribution in [2.75, 3.05) is 4.90 Å². The Kier molecular flexibility index (Phi) is 4.22. The lowest BCUT2D eigenvalue weighted by molar-refractivity contribution is -0.118. The van der Waals surface area contributed by atoms with Crippen LogP contribution in [0.3, 0.4) is 0 Å². The third kappa shape index (κ3) is 2.91. The van der Waals surface area contributed by atoms with Gasteiger partial charge in [0.2, 0.25) is 5.91 Å². The van der Waals surface area contributed by atoms with Crippen LogP contribution in [-0.4, -0.2) is 22.2 Å². The van der Waals surface area contributed by atoms with Crippen LogP contribution >= 0.6 is 11.8 Å². The lowest BCUT2D eigenvalue weighted by Crippen LogP contribution is -2.40. The number of pyridine rings is 1. The van der Waals surface area contributed by atoms with E-state index < -0.39 is 0 Å². The molecule has 25 heavy (non-hydrogen) atoms.